The minimum atomic E-state index is -0.768. The number of aromatic nitrogens is 2. The molecule has 0 aliphatic heterocycles. The van der Waals surface area contributed by atoms with Gasteiger partial charge in [-0.15, -0.1) is 5.10 Å². The number of carbonyl (C=O) groups excluding carboxylic acids is 2. The number of carbonyl (C=O) groups is 2. The number of nitrogens with zero attached hydrogens (tertiary/aromatic N) is 3. The summed E-state index contributed by atoms with van der Waals surface area (Å²) in [5, 5.41) is 8.92. The molecule has 0 bridgehead atoms. The van der Waals surface area contributed by atoms with Crippen LogP contribution in [0.3, 0.4) is 0 Å². The van der Waals surface area contributed by atoms with E-state index < -0.39 is 6.04 Å². The molecule has 0 radical (unpaired) electrons. The van der Waals surface area contributed by atoms with Crippen LogP contribution in [-0.4, -0.2) is 45.5 Å². The molecule has 1 atom stereocenters. The van der Waals surface area contributed by atoms with Crippen molar-refractivity contribution >= 4 is 23.3 Å². The van der Waals surface area contributed by atoms with Gasteiger partial charge in [-0.05, 0) is 43.3 Å². The fraction of sp³-hybridized carbons (Fsp3) is 0.565. The second-order valence-corrected chi connectivity index (χ2v) is 9.04. The number of ether oxygens (including phenoxy) is 1. The molecule has 2 aromatic rings. The zero-order valence-corrected chi connectivity index (χ0v) is 18.8. The lowest BCUT2D eigenvalue weighted by Gasteiger charge is -2.37. The summed E-state index contributed by atoms with van der Waals surface area (Å²) < 4.78 is 9.48. The summed E-state index contributed by atoms with van der Waals surface area (Å²) in [4.78, 5) is 29.1. The summed E-state index contributed by atoms with van der Waals surface area (Å²) in [7, 11) is 1.60. The summed E-state index contributed by atoms with van der Waals surface area (Å²) in [5.74, 6) is 0.230. The molecular weight excluding hydrogens is 412 g/mol. The molecule has 7 nitrogen and oxygen atoms in total. The van der Waals surface area contributed by atoms with Gasteiger partial charge in [-0.25, -0.2) is 0 Å². The van der Waals surface area contributed by atoms with Crippen molar-refractivity contribution in [3.8, 4) is 5.75 Å². The molecular formula is C23H30N4O3S. The normalized spacial score (nSPS) is 18.5. The Hall–Kier alpha value is -2.48. The van der Waals surface area contributed by atoms with Crippen molar-refractivity contribution in [2.45, 2.75) is 75.9 Å². The lowest BCUT2D eigenvalue weighted by Crippen LogP contribution is -2.50. The van der Waals surface area contributed by atoms with Gasteiger partial charge in [-0.3, -0.25) is 9.59 Å². The third kappa shape index (κ3) is 4.89. The molecule has 0 spiro atoms. The first-order valence-corrected chi connectivity index (χ1v) is 12.1. The minimum absolute atomic E-state index is 0.0128. The quantitative estimate of drug-likeness (QED) is 0.697. The number of hydrogen-bond donors (Lipinski definition) is 1. The Balaban J connectivity index is 1.74. The van der Waals surface area contributed by atoms with Crippen molar-refractivity contribution in [1.29, 1.82) is 0 Å². The average molecular weight is 443 g/mol. The minimum Gasteiger partial charge on any atom is -0.496 e. The maximum absolute atomic E-state index is 13.8. The Kier molecular flexibility index (Phi) is 7.17. The zero-order valence-electron chi connectivity index (χ0n) is 18.0. The first-order chi connectivity index (χ1) is 15.2. The lowest BCUT2D eigenvalue weighted by atomic mass is 9.94. The van der Waals surface area contributed by atoms with Crippen LogP contribution in [0.1, 0.15) is 79.9 Å². The van der Waals surface area contributed by atoms with Crippen molar-refractivity contribution < 1.29 is 14.3 Å². The van der Waals surface area contributed by atoms with Crippen LogP contribution in [0.2, 0.25) is 0 Å². The fourth-order valence-electron chi connectivity index (χ4n) is 4.90. The molecule has 31 heavy (non-hydrogen) atoms. The van der Waals surface area contributed by atoms with Crippen molar-refractivity contribution in [2.75, 3.05) is 7.11 Å². The van der Waals surface area contributed by atoms with Crippen LogP contribution in [0, 0.1) is 0 Å². The largest absolute Gasteiger partial charge is 0.496 e. The predicted molar refractivity (Wildman–Crippen MR) is 119 cm³/mol. The molecule has 1 N–H and O–H groups in total. The van der Waals surface area contributed by atoms with E-state index in [1.54, 1.807) is 17.4 Å². The Morgan fingerprint density at radius 2 is 1.81 bits per heavy atom. The third-order valence-corrected chi connectivity index (χ3v) is 6.95. The highest BCUT2D eigenvalue weighted by Crippen LogP contribution is 2.36. The van der Waals surface area contributed by atoms with Gasteiger partial charge in [0.2, 0.25) is 5.91 Å². The maximum Gasteiger partial charge on any atom is 0.276 e. The lowest BCUT2D eigenvalue weighted by molar-refractivity contribution is -0.127. The van der Waals surface area contributed by atoms with Gasteiger partial charge in [0, 0.05) is 23.0 Å². The fourth-order valence-corrected chi connectivity index (χ4v) is 5.33. The van der Waals surface area contributed by atoms with Gasteiger partial charge in [-0.1, -0.05) is 54.8 Å². The Morgan fingerprint density at radius 3 is 2.48 bits per heavy atom. The summed E-state index contributed by atoms with van der Waals surface area (Å²) in [6.07, 6.45) is 9.29. The number of hydrogen-bond acceptors (Lipinski definition) is 6. The highest BCUT2D eigenvalue weighted by molar-refractivity contribution is 7.03. The second-order valence-electron chi connectivity index (χ2n) is 8.43. The van der Waals surface area contributed by atoms with Gasteiger partial charge in [0.1, 0.15) is 11.8 Å². The first kappa shape index (κ1) is 21.7. The van der Waals surface area contributed by atoms with Crippen molar-refractivity contribution in [1.82, 2.24) is 19.8 Å². The molecule has 2 saturated carbocycles. The predicted octanol–water partition coefficient (Wildman–Crippen LogP) is 4.12. The second kappa shape index (κ2) is 10.2. The number of benzene rings is 1. The van der Waals surface area contributed by atoms with Gasteiger partial charge < -0.3 is 15.0 Å². The Bertz CT molecular complexity index is 877. The summed E-state index contributed by atoms with van der Waals surface area (Å²) in [6, 6.07) is 6.87. The van der Waals surface area contributed by atoms with Crippen LogP contribution >= 0.6 is 11.5 Å². The van der Waals surface area contributed by atoms with Crippen molar-refractivity contribution in [2.24, 2.45) is 0 Å². The highest BCUT2D eigenvalue weighted by Gasteiger charge is 2.40. The van der Waals surface area contributed by atoms with Crippen molar-refractivity contribution in [3.63, 3.8) is 0 Å². The molecule has 1 aromatic carbocycles. The molecule has 1 unspecified atom stereocenters. The standard InChI is InChI=1S/C23H30N4O3S/c1-30-20-14-8-7-13-18(20)21(22(28)24-16-9-3-2-4-10-16)27(17-11-5-6-12-17)23(29)19-15-31-26-25-19/h7-8,13-17,21H,2-6,9-12H2,1H3,(H,24,28). The first-order valence-electron chi connectivity index (χ1n) is 11.2. The van der Waals surface area contributed by atoms with Gasteiger partial charge >= 0.3 is 0 Å². The maximum atomic E-state index is 13.8. The van der Waals surface area contributed by atoms with Gasteiger partial charge in [-0.2, -0.15) is 0 Å². The monoisotopic (exact) mass is 442 g/mol. The van der Waals surface area contributed by atoms with E-state index in [1.807, 2.05) is 24.3 Å². The zero-order chi connectivity index (χ0) is 21.6. The Labute approximate surface area is 187 Å². The van der Waals surface area contributed by atoms with Gasteiger partial charge in [0.25, 0.3) is 5.91 Å². The number of amides is 2. The van der Waals surface area contributed by atoms with Crippen LogP contribution in [-0.2, 0) is 4.79 Å². The smallest absolute Gasteiger partial charge is 0.276 e. The van der Waals surface area contributed by atoms with E-state index >= 15 is 0 Å². The van der Waals surface area contributed by atoms with E-state index in [9.17, 15) is 9.59 Å². The number of para-hydroxylation sites is 1. The van der Waals surface area contributed by atoms with E-state index in [4.69, 9.17) is 4.74 Å². The molecule has 2 aliphatic rings. The van der Waals surface area contributed by atoms with Crippen LogP contribution in [0.15, 0.2) is 29.6 Å². The molecule has 2 fully saturated rings. The topological polar surface area (TPSA) is 84.4 Å². The number of nitrogens with one attached hydrogen (secondary N) is 1. The van der Waals surface area contributed by atoms with Gasteiger partial charge in [0.15, 0.2) is 5.69 Å². The van der Waals surface area contributed by atoms with E-state index in [0.717, 1.165) is 62.9 Å². The van der Waals surface area contributed by atoms with Crippen molar-refractivity contribution in [3.05, 3.63) is 40.9 Å². The molecule has 0 saturated heterocycles. The highest BCUT2D eigenvalue weighted by atomic mass is 32.1. The van der Waals surface area contributed by atoms with E-state index in [-0.39, 0.29) is 23.9 Å². The summed E-state index contributed by atoms with van der Waals surface area (Å²) in [6.45, 7) is 0. The number of methoxy groups -OCH3 is 1. The molecule has 2 amide bonds. The number of rotatable bonds is 7. The third-order valence-electron chi connectivity index (χ3n) is 6.44. The SMILES string of the molecule is COc1ccccc1C(C(=O)NC1CCCCC1)N(C(=O)c1csnn1)C1CCCC1. The van der Waals surface area contributed by atoms with E-state index in [2.05, 4.69) is 14.9 Å². The molecule has 2 aliphatic carbocycles. The molecule has 8 heteroatoms. The molecule has 1 heterocycles. The Morgan fingerprint density at radius 1 is 1.10 bits per heavy atom. The van der Waals surface area contributed by atoms with Gasteiger partial charge in [0.05, 0.1) is 7.11 Å². The van der Waals surface area contributed by atoms with E-state index in [1.165, 1.54) is 6.42 Å². The molecule has 4 rings (SSSR count). The van der Waals surface area contributed by atoms with E-state index in [0.29, 0.717) is 17.0 Å². The van der Waals surface area contributed by atoms with Crippen LogP contribution < -0.4 is 10.1 Å². The van der Waals surface area contributed by atoms with Crippen LogP contribution in [0.4, 0.5) is 0 Å². The van der Waals surface area contributed by atoms with Crippen LogP contribution in [0.25, 0.3) is 0 Å². The average Bonchev–Trinajstić information content (AvgIpc) is 3.52. The molecule has 1 aromatic heterocycles. The molecule has 166 valence electrons. The van der Waals surface area contributed by atoms with Crippen LogP contribution in [0.5, 0.6) is 5.75 Å². The summed E-state index contributed by atoms with van der Waals surface area (Å²) >= 11 is 1.15. The summed E-state index contributed by atoms with van der Waals surface area (Å²) in [5.41, 5.74) is 1.00.